The van der Waals surface area contributed by atoms with Crippen LogP contribution in [0.5, 0.6) is 5.75 Å². The Balaban J connectivity index is 1.44. The number of benzene rings is 3. The third-order valence-corrected chi connectivity index (χ3v) is 9.42. The molecule has 0 bridgehead atoms. The molecule has 0 spiro atoms. The highest BCUT2D eigenvalue weighted by Crippen LogP contribution is 2.34. The minimum absolute atomic E-state index is 0.156. The summed E-state index contributed by atoms with van der Waals surface area (Å²) in [7, 11) is -2.06. The number of ether oxygens (including phenoxy) is 1. The number of aromatic nitrogens is 1. The number of carbonyl (C=O) groups excluding carboxylic acids is 1. The van der Waals surface area contributed by atoms with E-state index in [0.29, 0.717) is 15.6 Å². The fraction of sp³-hybridized carbons (Fsp3) is 0.207. The van der Waals surface area contributed by atoms with Crippen LogP contribution < -0.4 is 4.74 Å². The average molecular weight is 585 g/mol. The first-order chi connectivity index (χ1) is 18.7. The first-order valence-electron chi connectivity index (χ1n) is 12.4. The molecule has 3 aromatic carbocycles. The Labute approximate surface area is 238 Å². The van der Waals surface area contributed by atoms with E-state index in [9.17, 15) is 13.2 Å². The SMILES string of the molecule is COc1ccc(-c2cc(C(=O)N3CCN(S(=O)(=O)c4ccc(Cl)cc4)CC3)c(C)n2-c2ccccc2Cl)cc1. The predicted molar refractivity (Wildman–Crippen MR) is 154 cm³/mol. The van der Waals surface area contributed by atoms with Crippen LogP contribution in [0, 0.1) is 6.92 Å². The largest absolute Gasteiger partial charge is 0.497 e. The Morgan fingerprint density at radius 3 is 2.13 bits per heavy atom. The van der Waals surface area contributed by atoms with E-state index in [-0.39, 0.29) is 37.0 Å². The van der Waals surface area contributed by atoms with Crippen LogP contribution in [0.15, 0.2) is 83.8 Å². The lowest BCUT2D eigenvalue weighted by atomic mass is 10.1. The van der Waals surface area contributed by atoms with Crippen molar-refractivity contribution in [1.82, 2.24) is 13.8 Å². The topological polar surface area (TPSA) is 71.8 Å². The number of rotatable bonds is 6. The third kappa shape index (κ3) is 5.30. The summed E-state index contributed by atoms with van der Waals surface area (Å²) in [4.78, 5) is 15.7. The molecular weight excluding hydrogens is 557 g/mol. The third-order valence-electron chi connectivity index (χ3n) is 6.93. The maximum absolute atomic E-state index is 13.8. The highest BCUT2D eigenvalue weighted by atomic mass is 35.5. The number of nitrogens with zero attached hydrogens (tertiary/aromatic N) is 3. The minimum atomic E-state index is -3.68. The molecule has 1 amide bonds. The van der Waals surface area contributed by atoms with E-state index in [1.165, 1.54) is 16.4 Å². The van der Waals surface area contributed by atoms with Crippen molar-refractivity contribution in [1.29, 1.82) is 0 Å². The van der Waals surface area contributed by atoms with Gasteiger partial charge in [0.2, 0.25) is 10.0 Å². The number of carbonyl (C=O) groups is 1. The van der Waals surface area contributed by atoms with Crippen molar-refractivity contribution in [2.75, 3.05) is 33.3 Å². The molecule has 39 heavy (non-hydrogen) atoms. The number of methoxy groups -OCH3 is 1. The molecule has 4 aromatic rings. The summed E-state index contributed by atoms with van der Waals surface area (Å²) in [5.41, 5.74) is 3.76. The van der Waals surface area contributed by atoms with Crippen molar-refractivity contribution in [2.45, 2.75) is 11.8 Å². The van der Waals surface area contributed by atoms with Crippen LogP contribution in [0.3, 0.4) is 0 Å². The highest BCUT2D eigenvalue weighted by Gasteiger charge is 2.32. The zero-order valence-electron chi connectivity index (χ0n) is 21.5. The van der Waals surface area contributed by atoms with E-state index in [1.807, 2.05) is 66.1 Å². The van der Waals surface area contributed by atoms with Gasteiger partial charge in [0, 0.05) is 36.9 Å². The van der Waals surface area contributed by atoms with Gasteiger partial charge in [0.1, 0.15) is 5.75 Å². The van der Waals surface area contributed by atoms with E-state index < -0.39 is 10.0 Å². The molecule has 10 heteroatoms. The summed E-state index contributed by atoms with van der Waals surface area (Å²) < 4.78 is 34.9. The second kappa shape index (κ2) is 11.1. The average Bonchev–Trinajstić information content (AvgIpc) is 3.29. The van der Waals surface area contributed by atoms with E-state index in [0.717, 1.165) is 28.4 Å². The second-order valence-electron chi connectivity index (χ2n) is 9.19. The Kier molecular flexibility index (Phi) is 7.73. The maximum atomic E-state index is 13.8. The van der Waals surface area contributed by atoms with Gasteiger partial charge < -0.3 is 14.2 Å². The molecule has 0 radical (unpaired) electrons. The molecular formula is C29H27Cl2N3O4S. The van der Waals surface area contributed by atoms with Crippen LogP contribution in [0.25, 0.3) is 16.9 Å². The number of amides is 1. The number of hydrogen-bond donors (Lipinski definition) is 0. The standard InChI is InChI=1S/C29H27Cl2N3O4S/c1-20-25(29(35)32-15-17-33(18-16-32)39(36,37)24-13-9-22(30)10-14-24)19-28(21-7-11-23(38-2)12-8-21)34(20)27-6-4-3-5-26(27)31/h3-14,19H,15-18H2,1-2H3. The number of sulfonamides is 1. The highest BCUT2D eigenvalue weighted by molar-refractivity contribution is 7.89. The van der Waals surface area contributed by atoms with Gasteiger partial charge >= 0.3 is 0 Å². The van der Waals surface area contributed by atoms with Gasteiger partial charge in [-0.2, -0.15) is 4.31 Å². The molecule has 0 aliphatic carbocycles. The van der Waals surface area contributed by atoms with Crippen LogP contribution in [-0.4, -0.2) is 61.4 Å². The molecule has 1 aliphatic rings. The molecule has 1 fully saturated rings. The normalized spacial score (nSPS) is 14.4. The molecule has 7 nitrogen and oxygen atoms in total. The molecule has 0 atom stereocenters. The van der Waals surface area contributed by atoms with Crippen molar-refractivity contribution in [3.63, 3.8) is 0 Å². The van der Waals surface area contributed by atoms with Gasteiger partial charge in [-0.3, -0.25) is 4.79 Å². The summed E-state index contributed by atoms with van der Waals surface area (Å²) >= 11 is 12.5. The Morgan fingerprint density at radius 1 is 0.872 bits per heavy atom. The van der Waals surface area contributed by atoms with Gasteiger partial charge in [0.25, 0.3) is 5.91 Å². The van der Waals surface area contributed by atoms with Crippen molar-refractivity contribution in [3.8, 4) is 22.7 Å². The van der Waals surface area contributed by atoms with Crippen molar-refractivity contribution in [3.05, 3.63) is 100 Å². The van der Waals surface area contributed by atoms with Crippen LogP contribution >= 0.6 is 23.2 Å². The van der Waals surface area contributed by atoms with E-state index in [4.69, 9.17) is 27.9 Å². The number of para-hydroxylation sites is 1. The number of piperazine rings is 1. The van der Waals surface area contributed by atoms with Crippen LogP contribution in [-0.2, 0) is 10.0 Å². The van der Waals surface area contributed by atoms with E-state index in [2.05, 4.69) is 0 Å². The molecule has 1 aromatic heterocycles. The van der Waals surface area contributed by atoms with E-state index in [1.54, 1.807) is 24.1 Å². The van der Waals surface area contributed by atoms with Gasteiger partial charge in [-0.05, 0) is 79.2 Å². The molecule has 2 heterocycles. The van der Waals surface area contributed by atoms with Gasteiger partial charge in [-0.1, -0.05) is 35.3 Å². The fourth-order valence-corrected chi connectivity index (χ4v) is 6.57. The Bertz CT molecular complexity index is 1610. The van der Waals surface area contributed by atoms with Crippen molar-refractivity contribution in [2.24, 2.45) is 0 Å². The predicted octanol–water partition coefficient (Wildman–Crippen LogP) is 5.91. The van der Waals surface area contributed by atoms with Crippen LogP contribution in [0.1, 0.15) is 16.1 Å². The fourth-order valence-electron chi connectivity index (χ4n) is 4.80. The van der Waals surface area contributed by atoms with Gasteiger partial charge in [-0.15, -0.1) is 0 Å². The van der Waals surface area contributed by atoms with Crippen molar-refractivity contribution < 1.29 is 17.9 Å². The van der Waals surface area contributed by atoms with Crippen LogP contribution in [0.4, 0.5) is 0 Å². The number of hydrogen-bond acceptors (Lipinski definition) is 4. The smallest absolute Gasteiger partial charge is 0.255 e. The van der Waals surface area contributed by atoms with E-state index >= 15 is 0 Å². The molecule has 202 valence electrons. The molecule has 0 unspecified atom stereocenters. The zero-order valence-corrected chi connectivity index (χ0v) is 23.8. The molecule has 5 rings (SSSR count). The van der Waals surface area contributed by atoms with Crippen molar-refractivity contribution >= 4 is 39.1 Å². The Hall–Kier alpha value is -3.30. The quantitative estimate of drug-likeness (QED) is 0.282. The Morgan fingerprint density at radius 2 is 1.51 bits per heavy atom. The first kappa shape index (κ1) is 27.3. The summed E-state index contributed by atoms with van der Waals surface area (Å²) in [6.45, 7) is 2.85. The minimum Gasteiger partial charge on any atom is -0.497 e. The summed E-state index contributed by atoms with van der Waals surface area (Å²) in [6.07, 6.45) is 0. The van der Waals surface area contributed by atoms with Gasteiger partial charge in [-0.25, -0.2) is 8.42 Å². The van der Waals surface area contributed by atoms with Gasteiger partial charge in [0.05, 0.1) is 34.0 Å². The lowest BCUT2D eigenvalue weighted by molar-refractivity contribution is 0.0697. The van der Waals surface area contributed by atoms with Crippen LogP contribution in [0.2, 0.25) is 10.0 Å². The lowest BCUT2D eigenvalue weighted by Crippen LogP contribution is -2.50. The monoisotopic (exact) mass is 583 g/mol. The zero-order chi connectivity index (χ0) is 27.7. The molecule has 0 N–H and O–H groups in total. The van der Waals surface area contributed by atoms with Gasteiger partial charge in [0.15, 0.2) is 0 Å². The summed E-state index contributed by atoms with van der Waals surface area (Å²) in [6, 6.07) is 23.1. The first-order valence-corrected chi connectivity index (χ1v) is 14.6. The molecule has 1 saturated heterocycles. The lowest BCUT2D eigenvalue weighted by Gasteiger charge is -2.34. The maximum Gasteiger partial charge on any atom is 0.255 e. The molecule has 1 aliphatic heterocycles. The number of halogens is 2. The summed E-state index contributed by atoms with van der Waals surface area (Å²) in [5.74, 6) is 0.575. The second-order valence-corrected chi connectivity index (χ2v) is 12.0. The summed E-state index contributed by atoms with van der Waals surface area (Å²) in [5, 5.41) is 1.03. The molecule has 0 saturated carbocycles.